The molecular formula is C17H29N3O4. The molecule has 3 aliphatic rings. The van der Waals surface area contributed by atoms with Crippen molar-refractivity contribution in [3.63, 3.8) is 0 Å². The fourth-order valence-corrected chi connectivity index (χ4v) is 3.76. The Morgan fingerprint density at radius 1 is 1.25 bits per heavy atom. The Bertz CT molecular complexity index is 440. The van der Waals surface area contributed by atoms with Gasteiger partial charge in [-0.3, -0.25) is 9.59 Å². The lowest BCUT2D eigenvalue weighted by Crippen LogP contribution is -2.57. The molecule has 24 heavy (non-hydrogen) atoms. The van der Waals surface area contributed by atoms with Crippen molar-refractivity contribution in [1.82, 2.24) is 15.1 Å². The highest BCUT2D eigenvalue weighted by Crippen LogP contribution is 2.18. The average molecular weight is 339 g/mol. The number of nitrogens with one attached hydrogen (secondary N) is 1. The zero-order valence-electron chi connectivity index (χ0n) is 14.4. The van der Waals surface area contributed by atoms with E-state index < -0.39 is 0 Å². The molecule has 0 bridgehead atoms. The molecule has 1 unspecified atom stereocenters. The molecule has 3 heterocycles. The topological polar surface area (TPSA) is 71.1 Å². The van der Waals surface area contributed by atoms with E-state index in [9.17, 15) is 9.59 Å². The molecule has 0 spiro atoms. The molecular weight excluding hydrogens is 310 g/mol. The first-order valence-corrected chi connectivity index (χ1v) is 9.21. The molecule has 0 aromatic rings. The summed E-state index contributed by atoms with van der Waals surface area (Å²) in [5.74, 6) is 0.303. The Morgan fingerprint density at radius 3 is 2.88 bits per heavy atom. The third-order valence-corrected chi connectivity index (χ3v) is 5.15. The quantitative estimate of drug-likeness (QED) is 0.763. The molecule has 1 atom stereocenters. The van der Waals surface area contributed by atoms with Crippen LogP contribution in [0.15, 0.2) is 0 Å². The zero-order valence-corrected chi connectivity index (χ0v) is 14.4. The van der Waals surface area contributed by atoms with Crippen LogP contribution in [0.3, 0.4) is 0 Å². The maximum absolute atomic E-state index is 12.5. The molecule has 3 rings (SSSR count). The summed E-state index contributed by atoms with van der Waals surface area (Å²) in [6.45, 7) is 5.47. The molecule has 0 aliphatic carbocycles. The highest BCUT2D eigenvalue weighted by molar-refractivity contribution is 5.80. The van der Waals surface area contributed by atoms with Crippen LogP contribution in [0.5, 0.6) is 0 Å². The highest BCUT2D eigenvalue weighted by atomic mass is 16.5. The number of ether oxygens (including phenoxy) is 2. The Morgan fingerprint density at radius 2 is 2.08 bits per heavy atom. The standard InChI is InChI=1S/C17H29N3O4/c21-16(5-11-24-15-3-9-23-10-4-15)19-7-1-2-14(13-19)20-8-6-18-12-17(20)22/h14-15,18H,1-13H2. The molecule has 3 fully saturated rings. The van der Waals surface area contributed by atoms with Crippen LogP contribution in [0.25, 0.3) is 0 Å². The van der Waals surface area contributed by atoms with Gasteiger partial charge in [0, 0.05) is 45.4 Å². The van der Waals surface area contributed by atoms with E-state index in [1.54, 1.807) is 0 Å². The largest absolute Gasteiger partial charge is 0.381 e. The van der Waals surface area contributed by atoms with Crippen LogP contribution in [0.4, 0.5) is 0 Å². The fourth-order valence-electron chi connectivity index (χ4n) is 3.76. The first kappa shape index (κ1) is 17.6. The van der Waals surface area contributed by atoms with Crippen molar-refractivity contribution in [2.75, 3.05) is 52.5 Å². The predicted octanol–water partition coefficient (Wildman–Crippen LogP) is -0.00510. The summed E-state index contributed by atoms with van der Waals surface area (Å²) in [6, 6.07) is 0.175. The summed E-state index contributed by atoms with van der Waals surface area (Å²) in [5, 5.41) is 3.10. The summed E-state index contributed by atoms with van der Waals surface area (Å²) in [5.41, 5.74) is 0. The minimum atomic E-state index is 0.148. The number of hydrogen-bond acceptors (Lipinski definition) is 5. The van der Waals surface area contributed by atoms with Gasteiger partial charge in [-0.15, -0.1) is 0 Å². The predicted molar refractivity (Wildman–Crippen MR) is 88.6 cm³/mol. The molecule has 0 aromatic heterocycles. The van der Waals surface area contributed by atoms with Crippen LogP contribution >= 0.6 is 0 Å². The second kappa shape index (κ2) is 8.78. The van der Waals surface area contributed by atoms with Gasteiger partial charge in [-0.2, -0.15) is 0 Å². The smallest absolute Gasteiger partial charge is 0.236 e. The lowest BCUT2D eigenvalue weighted by atomic mass is 10.0. The van der Waals surface area contributed by atoms with Crippen molar-refractivity contribution in [2.24, 2.45) is 0 Å². The Hall–Kier alpha value is -1.18. The summed E-state index contributed by atoms with van der Waals surface area (Å²) >= 11 is 0. The number of nitrogens with zero attached hydrogens (tertiary/aromatic N) is 2. The molecule has 0 aromatic carbocycles. The Labute approximate surface area is 143 Å². The van der Waals surface area contributed by atoms with Crippen LogP contribution in [0, 0.1) is 0 Å². The molecule has 2 amide bonds. The minimum absolute atomic E-state index is 0.148. The average Bonchev–Trinajstić information content (AvgIpc) is 2.63. The Balaban J connectivity index is 1.41. The second-order valence-electron chi connectivity index (χ2n) is 6.83. The number of likely N-dealkylation sites (tertiary alicyclic amines) is 1. The molecule has 7 heteroatoms. The van der Waals surface area contributed by atoms with Gasteiger partial charge in [0.15, 0.2) is 0 Å². The van der Waals surface area contributed by atoms with Crippen LogP contribution in [0.1, 0.15) is 32.1 Å². The summed E-state index contributed by atoms with van der Waals surface area (Å²) < 4.78 is 11.1. The van der Waals surface area contributed by atoms with E-state index in [4.69, 9.17) is 9.47 Å². The lowest BCUT2D eigenvalue weighted by Gasteiger charge is -2.41. The summed E-state index contributed by atoms with van der Waals surface area (Å²) in [6.07, 6.45) is 4.47. The van der Waals surface area contributed by atoms with Crippen LogP contribution < -0.4 is 5.32 Å². The molecule has 0 saturated carbocycles. The van der Waals surface area contributed by atoms with Crippen LogP contribution in [-0.2, 0) is 19.1 Å². The van der Waals surface area contributed by atoms with Gasteiger partial charge in [0.05, 0.1) is 25.7 Å². The zero-order chi connectivity index (χ0) is 16.8. The van der Waals surface area contributed by atoms with Gasteiger partial charge in [0.1, 0.15) is 0 Å². The van der Waals surface area contributed by atoms with Crippen LogP contribution in [-0.4, -0.2) is 86.3 Å². The monoisotopic (exact) mass is 339 g/mol. The summed E-state index contributed by atoms with van der Waals surface area (Å²) in [4.78, 5) is 28.4. The first-order valence-electron chi connectivity index (χ1n) is 9.21. The highest BCUT2D eigenvalue weighted by Gasteiger charge is 2.31. The van der Waals surface area contributed by atoms with Gasteiger partial charge in [-0.1, -0.05) is 0 Å². The first-order chi connectivity index (χ1) is 11.7. The van der Waals surface area contributed by atoms with Crippen molar-refractivity contribution in [2.45, 2.75) is 44.2 Å². The van der Waals surface area contributed by atoms with E-state index in [0.717, 1.165) is 58.5 Å². The van der Waals surface area contributed by atoms with Crippen molar-refractivity contribution in [3.05, 3.63) is 0 Å². The van der Waals surface area contributed by atoms with E-state index in [1.165, 1.54) is 0 Å². The number of hydrogen-bond donors (Lipinski definition) is 1. The van der Waals surface area contributed by atoms with Crippen molar-refractivity contribution in [1.29, 1.82) is 0 Å². The molecule has 1 N–H and O–H groups in total. The van der Waals surface area contributed by atoms with Gasteiger partial charge >= 0.3 is 0 Å². The van der Waals surface area contributed by atoms with E-state index >= 15 is 0 Å². The van der Waals surface area contributed by atoms with Gasteiger partial charge in [-0.05, 0) is 25.7 Å². The molecule has 136 valence electrons. The maximum Gasteiger partial charge on any atom is 0.236 e. The van der Waals surface area contributed by atoms with Crippen molar-refractivity contribution >= 4 is 11.8 Å². The van der Waals surface area contributed by atoms with E-state index in [0.29, 0.717) is 26.1 Å². The Kier molecular flexibility index (Phi) is 6.45. The SMILES string of the molecule is O=C(CCOC1CCOCC1)N1CCCC(N2CCNCC2=O)C1. The van der Waals surface area contributed by atoms with E-state index in [1.807, 2.05) is 9.80 Å². The van der Waals surface area contributed by atoms with Crippen molar-refractivity contribution in [3.8, 4) is 0 Å². The number of carbonyl (C=O) groups excluding carboxylic acids is 2. The number of amides is 2. The summed E-state index contributed by atoms with van der Waals surface area (Å²) in [7, 11) is 0. The molecule has 7 nitrogen and oxygen atoms in total. The van der Waals surface area contributed by atoms with E-state index in [2.05, 4.69) is 5.32 Å². The molecule has 0 radical (unpaired) electrons. The lowest BCUT2D eigenvalue weighted by molar-refractivity contribution is -0.141. The normalized spacial score (nSPS) is 26.7. The van der Waals surface area contributed by atoms with Gasteiger partial charge in [0.2, 0.25) is 11.8 Å². The third-order valence-electron chi connectivity index (χ3n) is 5.15. The minimum Gasteiger partial charge on any atom is -0.381 e. The van der Waals surface area contributed by atoms with Gasteiger partial charge in [0.25, 0.3) is 0 Å². The number of piperidine rings is 1. The number of carbonyl (C=O) groups is 2. The van der Waals surface area contributed by atoms with Crippen LogP contribution in [0.2, 0.25) is 0 Å². The second-order valence-corrected chi connectivity index (χ2v) is 6.83. The van der Waals surface area contributed by atoms with E-state index in [-0.39, 0.29) is 24.0 Å². The number of piperazine rings is 1. The fraction of sp³-hybridized carbons (Fsp3) is 0.882. The number of rotatable bonds is 5. The molecule has 3 aliphatic heterocycles. The van der Waals surface area contributed by atoms with Gasteiger partial charge in [-0.25, -0.2) is 0 Å². The maximum atomic E-state index is 12.5. The van der Waals surface area contributed by atoms with Gasteiger partial charge < -0.3 is 24.6 Å². The van der Waals surface area contributed by atoms with Crippen molar-refractivity contribution < 1.29 is 19.1 Å². The molecule has 3 saturated heterocycles. The third kappa shape index (κ3) is 4.68.